The highest BCUT2D eigenvalue weighted by Gasteiger charge is 2.36. The van der Waals surface area contributed by atoms with Gasteiger partial charge in [0.2, 0.25) is 5.88 Å². The van der Waals surface area contributed by atoms with E-state index in [1.54, 1.807) is 35.0 Å². The van der Waals surface area contributed by atoms with Crippen molar-refractivity contribution in [2.24, 2.45) is 5.73 Å². The molecule has 0 saturated carbocycles. The summed E-state index contributed by atoms with van der Waals surface area (Å²) in [6, 6.07) is 14.7. The van der Waals surface area contributed by atoms with Crippen molar-refractivity contribution in [3.8, 4) is 23.3 Å². The predicted octanol–water partition coefficient (Wildman–Crippen LogP) is 2.84. The van der Waals surface area contributed by atoms with Gasteiger partial charge in [0.25, 0.3) is 5.56 Å². The van der Waals surface area contributed by atoms with Crippen molar-refractivity contribution < 1.29 is 14.2 Å². The van der Waals surface area contributed by atoms with E-state index in [1.807, 2.05) is 25.1 Å². The standard InChI is InChI=1S/C24H22N4O4/c1-14-11-19-21(24(29)28(14)13-15-7-4-5-10-27-15)20(17(12-25)23(26)32-19)16-8-6-9-18(30-2)22(16)31-3/h4-11,20H,13,26H2,1-3H3/t20-/m1/s1. The van der Waals surface area contributed by atoms with E-state index in [0.29, 0.717) is 34.1 Å². The van der Waals surface area contributed by atoms with Crippen LogP contribution >= 0.6 is 0 Å². The Labute approximate surface area is 185 Å². The number of rotatable bonds is 5. The third-order valence-corrected chi connectivity index (χ3v) is 5.48. The fraction of sp³-hybridized carbons (Fsp3) is 0.208. The summed E-state index contributed by atoms with van der Waals surface area (Å²) in [5.74, 6) is 0.392. The lowest BCUT2D eigenvalue weighted by Gasteiger charge is -2.28. The monoisotopic (exact) mass is 430 g/mol. The zero-order chi connectivity index (χ0) is 22.8. The molecule has 0 bridgehead atoms. The number of allylic oxidation sites excluding steroid dienone is 1. The molecule has 2 aromatic heterocycles. The Morgan fingerprint density at radius 3 is 2.69 bits per heavy atom. The Bertz CT molecular complexity index is 1310. The Hall–Kier alpha value is -4.25. The fourth-order valence-electron chi connectivity index (χ4n) is 3.99. The molecule has 8 heteroatoms. The van der Waals surface area contributed by atoms with Crippen LogP contribution < -0.4 is 25.5 Å². The van der Waals surface area contributed by atoms with Gasteiger partial charge in [-0.05, 0) is 25.1 Å². The van der Waals surface area contributed by atoms with Crippen molar-refractivity contribution in [2.45, 2.75) is 19.4 Å². The molecule has 0 amide bonds. The summed E-state index contributed by atoms with van der Waals surface area (Å²) in [4.78, 5) is 18.1. The zero-order valence-electron chi connectivity index (χ0n) is 18.0. The average molecular weight is 430 g/mol. The summed E-state index contributed by atoms with van der Waals surface area (Å²) >= 11 is 0. The Morgan fingerprint density at radius 1 is 1.22 bits per heavy atom. The van der Waals surface area contributed by atoms with Crippen LogP contribution in [0.25, 0.3) is 0 Å². The molecule has 162 valence electrons. The van der Waals surface area contributed by atoms with Crippen molar-refractivity contribution in [3.05, 3.63) is 93.0 Å². The molecule has 1 aromatic carbocycles. The number of nitrogens with zero attached hydrogens (tertiary/aromatic N) is 3. The van der Waals surface area contributed by atoms with Crippen LogP contribution in [-0.4, -0.2) is 23.8 Å². The van der Waals surface area contributed by atoms with Gasteiger partial charge in [-0.3, -0.25) is 9.78 Å². The van der Waals surface area contributed by atoms with E-state index in [1.165, 1.54) is 14.2 Å². The summed E-state index contributed by atoms with van der Waals surface area (Å²) in [5.41, 5.74) is 8.26. The molecule has 3 aromatic rings. The normalized spacial score (nSPS) is 14.9. The minimum Gasteiger partial charge on any atom is -0.493 e. The molecule has 0 unspecified atom stereocenters. The van der Waals surface area contributed by atoms with Crippen LogP contribution in [0, 0.1) is 18.3 Å². The highest BCUT2D eigenvalue weighted by molar-refractivity contribution is 5.60. The lowest BCUT2D eigenvalue weighted by molar-refractivity contribution is 0.348. The van der Waals surface area contributed by atoms with Crippen LogP contribution in [0.2, 0.25) is 0 Å². The number of hydrogen-bond acceptors (Lipinski definition) is 7. The number of ether oxygens (including phenoxy) is 3. The van der Waals surface area contributed by atoms with E-state index in [0.717, 1.165) is 5.69 Å². The van der Waals surface area contributed by atoms with Gasteiger partial charge in [0.05, 0.1) is 37.9 Å². The van der Waals surface area contributed by atoms with E-state index >= 15 is 0 Å². The number of methoxy groups -OCH3 is 2. The maximum atomic E-state index is 13.8. The smallest absolute Gasteiger partial charge is 0.259 e. The summed E-state index contributed by atoms with van der Waals surface area (Å²) in [7, 11) is 3.04. The van der Waals surface area contributed by atoms with E-state index in [2.05, 4.69) is 11.1 Å². The number of fused-ring (bicyclic) bond motifs is 1. The molecule has 8 nitrogen and oxygen atoms in total. The summed E-state index contributed by atoms with van der Waals surface area (Å²) in [5, 5.41) is 9.90. The van der Waals surface area contributed by atoms with Crippen LogP contribution in [0.1, 0.15) is 28.4 Å². The second kappa shape index (κ2) is 8.47. The number of pyridine rings is 2. The Kier molecular flexibility index (Phi) is 5.56. The first-order valence-corrected chi connectivity index (χ1v) is 9.92. The van der Waals surface area contributed by atoms with Crippen LogP contribution in [0.4, 0.5) is 0 Å². The summed E-state index contributed by atoms with van der Waals surface area (Å²) in [6.07, 6.45) is 1.68. The molecule has 0 fully saturated rings. The molecule has 0 radical (unpaired) electrons. The van der Waals surface area contributed by atoms with Crippen molar-refractivity contribution in [1.29, 1.82) is 5.26 Å². The molecule has 0 saturated heterocycles. The molecule has 3 heterocycles. The number of nitriles is 1. The van der Waals surface area contributed by atoms with Crippen molar-refractivity contribution in [1.82, 2.24) is 9.55 Å². The van der Waals surface area contributed by atoms with Gasteiger partial charge in [-0.1, -0.05) is 18.2 Å². The molecule has 1 aliphatic heterocycles. The number of aromatic nitrogens is 2. The number of nitrogens with two attached hydrogens (primary N) is 1. The van der Waals surface area contributed by atoms with Crippen molar-refractivity contribution in [3.63, 3.8) is 0 Å². The Morgan fingerprint density at radius 2 is 2.03 bits per heavy atom. The predicted molar refractivity (Wildman–Crippen MR) is 118 cm³/mol. The third-order valence-electron chi connectivity index (χ3n) is 5.48. The number of hydrogen-bond donors (Lipinski definition) is 1. The van der Waals surface area contributed by atoms with Gasteiger partial charge in [-0.15, -0.1) is 0 Å². The van der Waals surface area contributed by atoms with Gasteiger partial charge >= 0.3 is 0 Å². The minimum absolute atomic E-state index is 0.0452. The highest BCUT2D eigenvalue weighted by atomic mass is 16.5. The fourth-order valence-corrected chi connectivity index (χ4v) is 3.99. The van der Waals surface area contributed by atoms with Gasteiger partial charge in [0, 0.05) is 23.5 Å². The number of para-hydroxylation sites is 1. The Balaban J connectivity index is 1.98. The first kappa shape index (κ1) is 21.0. The third kappa shape index (κ3) is 3.44. The summed E-state index contributed by atoms with van der Waals surface area (Å²) in [6.45, 7) is 2.09. The maximum Gasteiger partial charge on any atom is 0.259 e. The first-order chi connectivity index (χ1) is 15.5. The highest BCUT2D eigenvalue weighted by Crippen LogP contribution is 2.46. The topological polar surface area (TPSA) is 112 Å². The lowest BCUT2D eigenvalue weighted by Crippen LogP contribution is -2.33. The van der Waals surface area contributed by atoms with Crippen molar-refractivity contribution >= 4 is 0 Å². The summed E-state index contributed by atoms with van der Waals surface area (Å²) < 4.78 is 18.4. The van der Waals surface area contributed by atoms with Crippen LogP contribution in [-0.2, 0) is 6.54 Å². The lowest BCUT2D eigenvalue weighted by atomic mass is 9.83. The molecule has 32 heavy (non-hydrogen) atoms. The van der Waals surface area contributed by atoms with E-state index in [9.17, 15) is 10.1 Å². The number of aryl methyl sites for hydroxylation is 1. The SMILES string of the molecule is COc1cccc([C@@H]2C(C#N)=C(N)Oc3cc(C)n(Cc4ccccn4)c(=O)c32)c1OC. The second-order valence-electron chi connectivity index (χ2n) is 7.28. The molecular formula is C24H22N4O4. The van der Waals surface area contributed by atoms with E-state index < -0.39 is 5.92 Å². The molecule has 0 aliphatic carbocycles. The van der Waals surface area contributed by atoms with Crippen LogP contribution in [0.5, 0.6) is 17.2 Å². The molecular weight excluding hydrogens is 408 g/mol. The largest absolute Gasteiger partial charge is 0.493 e. The number of benzene rings is 1. The van der Waals surface area contributed by atoms with Gasteiger partial charge in [-0.25, -0.2) is 0 Å². The zero-order valence-corrected chi connectivity index (χ0v) is 18.0. The first-order valence-electron chi connectivity index (χ1n) is 9.92. The van der Waals surface area contributed by atoms with Crippen molar-refractivity contribution in [2.75, 3.05) is 14.2 Å². The van der Waals surface area contributed by atoms with Gasteiger partial charge < -0.3 is 24.5 Å². The van der Waals surface area contributed by atoms with Gasteiger partial charge in [0.15, 0.2) is 11.5 Å². The molecule has 4 rings (SSSR count). The maximum absolute atomic E-state index is 13.8. The van der Waals surface area contributed by atoms with Gasteiger partial charge in [-0.2, -0.15) is 5.26 Å². The minimum atomic E-state index is -0.781. The van der Waals surface area contributed by atoms with E-state index in [-0.39, 0.29) is 23.6 Å². The molecule has 0 spiro atoms. The van der Waals surface area contributed by atoms with Gasteiger partial charge in [0.1, 0.15) is 17.4 Å². The molecule has 2 N–H and O–H groups in total. The molecule has 1 aliphatic rings. The average Bonchev–Trinajstić information content (AvgIpc) is 2.81. The molecule has 1 atom stereocenters. The van der Waals surface area contributed by atoms with Crippen LogP contribution in [0.3, 0.4) is 0 Å². The quantitative estimate of drug-likeness (QED) is 0.662. The van der Waals surface area contributed by atoms with Crippen LogP contribution in [0.15, 0.2) is 64.9 Å². The second-order valence-corrected chi connectivity index (χ2v) is 7.28. The van der Waals surface area contributed by atoms with E-state index in [4.69, 9.17) is 19.9 Å².